The standard InChI is InChI=1S/C16H24N2O/c19-16(18-15-9-5-2-6-10-15)13-17-12-11-14-7-3-1-4-8-14/h2,5-6,9-10,14,17H,1,3-4,7-8,11-13H2,(H,18,19). The van der Waals surface area contributed by atoms with E-state index in [9.17, 15) is 4.79 Å². The van der Waals surface area contributed by atoms with Gasteiger partial charge in [0, 0.05) is 5.69 Å². The van der Waals surface area contributed by atoms with E-state index in [-0.39, 0.29) is 5.91 Å². The summed E-state index contributed by atoms with van der Waals surface area (Å²) in [7, 11) is 0. The van der Waals surface area contributed by atoms with E-state index in [1.807, 2.05) is 30.3 Å². The van der Waals surface area contributed by atoms with Crippen molar-refractivity contribution >= 4 is 11.6 Å². The molecule has 1 aromatic rings. The van der Waals surface area contributed by atoms with Crippen molar-refractivity contribution in [3.8, 4) is 0 Å². The number of hydrogen-bond donors (Lipinski definition) is 2. The number of amides is 1. The van der Waals surface area contributed by atoms with Crippen LogP contribution in [-0.2, 0) is 4.79 Å². The monoisotopic (exact) mass is 260 g/mol. The van der Waals surface area contributed by atoms with E-state index in [1.54, 1.807) is 0 Å². The first-order valence-corrected chi connectivity index (χ1v) is 7.40. The van der Waals surface area contributed by atoms with Gasteiger partial charge in [-0.1, -0.05) is 50.3 Å². The van der Waals surface area contributed by atoms with Gasteiger partial charge in [0.25, 0.3) is 0 Å². The fourth-order valence-electron chi connectivity index (χ4n) is 2.71. The molecule has 3 nitrogen and oxygen atoms in total. The van der Waals surface area contributed by atoms with Crippen LogP contribution in [0.15, 0.2) is 30.3 Å². The molecule has 1 saturated carbocycles. The molecule has 0 spiro atoms. The highest BCUT2D eigenvalue weighted by Crippen LogP contribution is 2.25. The Balaban J connectivity index is 1.56. The van der Waals surface area contributed by atoms with Crippen LogP contribution in [0.3, 0.4) is 0 Å². The smallest absolute Gasteiger partial charge is 0.238 e. The van der Waals surface area contributed by atoms with Gasteiger partial charge in [-0.15, -0.1) is 0 Å². The lowest BCUT2D eigenvalue weighted by Gasteiger charge is -2.21. The number of para-hydroxylation sites is 1. The van der Waals surface area contributed by atoms with E-state index in [2.05, 4.69) is 10.6 Å². The second-order valence-corrected chi connectivity index (χ2v) is 5.38. The minimum absolute atomic E-state index is 0.0369. The van der Waals surface area contributed by atoms with Gasteiger partial charge in [-0.05, 0) is 31.0 Å². The Morgan fingerprint density at radius 1 is 1.11 bits per heavy atom. The largest absolute Gasteiger partial charge is 0.325 e. The van der Waals surface area contributed by atoms with Crippen LogP contribution in [-0.4, -0.2) is 19.0 Å². The Bertz CT molecular complexity index is 372. The maximum atomic E-state index is 11.7. The van der Waals surface area contributed by atoms with Crippen molar-refractivity contribution in [1.82, 2.24) is 5.32 Å². The lowest BCUT2D eigenvalue weighted by molar-refractivity contribution is -0.115. The molecular weight excluding hydrogens is 236 g/mol. The molecule has 3 heteroatoms. The Hall–Kier alpha value is -1.35. The molecular formula is C16H24N2O. The fourth-order valence-corrected chi connectivity index (χ4v) is 2.71. The molecule has 1 aliphatic carbocycles. The van der Waals surface area contributed by atoms with Gasteiger partial charge in [0.05, 0.1) is 6.54 Å². The number of carbonyl (C=O) groups excluding carboxylic acids is 1. The molecule has 0 aromatic heterocycles. The molecule has 1 amide bonds. The third kappa shape index (κ3) is 5.43. The minimum atomic E-state index is 0.0369. The number of anilines is 1. The highest BCUT2D eigenvalue weighted by atomic mass is 16.1. The van der Waals surface area contributed by atoms with Crippen molar-refractivity contribution in [2.24, 2.45) is 5.92 Å². The summed E-state index contributed by atoms with van der Waals surface area (Å²) >= 11 is 0. The van der Waals surface area contributed by atoms with E-state index in [0.717, 1.165) is 18.2 Å². The van der Waals surface area contributed by atoms with Gasteiger partial charge in [-0.3, -0.25) is 4.79 Å². The van der Waals surface area contributed by atoms with Gasteiger partial charge >= 0.3 is 0 Å². The van der Waals surface area contributed by atoms with Crippen LogP contribution in [0.2, 0.25) is 0 Å². The number of hydrogen-bond acceptors (Lipinski definition) is 2. The van der Waals surface area contributed by atoms with Crippen molar-refractivity contribution in [2.45, 2.75) is 38.5 Å². The zero-order chi connectivity index (χ0) is 13.3. The molecule has 2 rings (SSSR count). The number of nitrogens with one attached hydrogen (secondary N) is 2. The quantitative estimate of drug-likeness (QED) is 0.771. The second-order valence-electron chi connectivity index (χ2n) is 5.38. The SMILES string of the molecule is O=C(CNCCC1CCCCC1)Nc1ccccc1. The first-order valence-electron chi connectivity index (χ1n) is 7.40. The summed E-state index contributed by atoms with van der Waals surface area (Å²) < 4.78 is 0. The summed E-state index contributed by atoms with van der Waals surface area (Å²) in [5.74, 6) is 0.910. The van der Waals surface area contributed by atoms with Crippen LogP contribution >= 0.6 is 0 Å². The Morgan fingerprint density at radius 3 is 2.58 bits per heavy atom. The lowest BCUT2D eigenvalue weighted by atomic mass is 9.87. The normalized spacial score (nSPS) is 16.2. The van der Waals surface area contributed by atoms with Crippen LogP contribution in [0, 0.1) is 5.92 Å². The van der Waals surface area contributed by atoms with Crippen LogP contribution in [0.1, 0.15) is 38.5 Å². The summed E-state index contributed by atoms with van der Waals surface area (Å²) in [6, 6.07) is 9.59. The fraction of sp³-hybridized carbons (Fsp3) is 0.562. The molecule has 0 unspecified atom stereocenters. The summed E-state index contributed by atoms with van der Waals surface area (Å²) in [6.07, 6.45) is 8.14. The summed E-state index contributed by atoms with van der Waals surface area (Å²) in [6.45, 7) is 1.36. The molecule has 104 valence electrons. The number of rotatable bonds is 6. The van der Waals surface area contributed by atoms with Crippen molar-refractivity contribution in [3.63, 3.8) is 0 Å². The average molecular weight is 260 g/mol. The Morgan fingerprint density at radius 2 is 1.84 bits per heavy atom. The number of benzene rings is 1. The third-order valence-corrected chi connectivity index (χ3v) is 3.80. The lowest BCUT2D eigenvalue weighted by Crippen LogP contribution is -2.29. The molecule has 19 heavy (non-hydrogen) atoms. The van der Waals surface area contributed by atoms with E-state index in [0.29, 0.717) is 6.54 Å². The zero-order valence-electron chi connectivity index (χ0n) is 11.5. The van der Waals surface area contributed by atoms with Crippen molar-refractivity contribution in [3.05, 3.63) is 30.3 Å². The van der Waals surface area contributed by atoms with Gasteiger partial charge in [-0.25, -0.2) is 0 Å². The summed E-state index contributed by atoms with van der Waals surface area (Å²) in [4.78, 5) is 11.7. The van der Waals surface area contributed by atoms with Crippen LogP contribution < -0.4 is 10.6 Å². The van der Waals surface area contributed by atoms with Gasteiger partial charge in [0.2, 0.25) is 5.91 Å². The van der Waals surface area contributed by atoms with Crippen LogP contribution in [0.5, 0.6) is 0 Å². The van der Waals surface area contributed by atoms with Crippen molar-refractivity contribution in [2.75, 3.05) is 18.4 Å². The summed E-state index contributed by atoms with van der Waals surface area (Å²) in [5.41, 5.74) is 0.863. The molecule has 0 radical (unpaired) electrons. The molecule has 0 bridgehead atoms. The van der Waals surface area contributed by atoms with E-state index in [1.165, 1.54) is 38.5 Å². The predicted molar refractivity (Wildman–Crippen MR) is 79.1 cm³/mol. The second kappa shape index (κ2) is 7.95. The molecule has 0 heterocycles. The molecule has 0 atom stereocenters. The molecule has 0 aliphatic heterocycles. The van der Waals surface area contributed by atoms with E-state index < -0.39 is 0 Å². The zero-order valence-corrected chi connectivity index (χ0v) is 11.5. The van der Waals surface area contributed by atoms with E-state index in [4.69, 9.17) is 0 Å². The van der Waals surface area contributed by atoms with Crippen LogP contribution in [0.4, 0.5) is 5.69 Å². The topological polar surface area (TPSA) is 41.1 Å². The van der Waals surface area contributed by atoms with Gasteiger partial charge in [0.1, 0.15) is 0 Å². The molecule has 1 aromatic carbocycles. The average Bonchev–Trinajstić information content (AvgIpc) is 2.46. The molecule has 0 saturated heterocycles. The van der Waals surface area contributed by atoms with Crippen LogP contribution in [0.25, 0.3) is 0 Å². The van der Waals surface area contributed by atoms with Crippen molar-refractivity contribution < 1.29 is 4.79 Å². The Kier molecular flexibility index (Phi) is 5.89. The molecule has 2 N–H and O–H groups in total. The third-order valence-electron chi connectivity index (χ3n) is 3.80. The van der Waals surface area contributed by atoms with Gasteiger partial charge < -0.3 is 10.6 Å². The maximum absolute atomic E-state index is 11.7. The predicted octanol–water partition coefficient (Wildman–Crippen LogP) is 3.19. The van der Waals surface area contributed by atoms with Gasteiger partial charge in [0.15, 0.2) is 0 Å². The first kappa shape index (κ1) is 14.1. The number of carbonyl (C=O) groups is 1. The summed E-state index contributed by atoms with van der Waals surface area (Å²) in [5, 5.41) is 6.12. The Labute approximate surface area is 115 Å². The van der Waals surface area contributed by atoms with E-state index >= 15 is 0 Å². The van der Waals surface area contributed by atoms with Gasteiger partial charge in [-0.2, -0.15) is 0 Å². The molecule has 1 fully saturated rings. The maximum Gasteiger partial charge on any atom is 0.238 e. The highest BCUT2D eigenvalue weighted by molar-refractivity contribution is 5.92. The highest BCUT2D eigenvalue weighted by Gasteiger charge is 2.12. The minimum Gasteiger partial charge on any atom is -0.325 e. The van der Waals surface area contributed by atoms with Crippen molar-refractivity contribution in [1.29, 1.82) is 0 Å². The first-order chi connectivity index (χ1) is 9.34. The molecule has 1 aliphatic rings.